The lowest BCUT2D eigenvalue weighted by Gasteiger charge is -2.39. The number of aryl methyl sites for hydroxylation is 1. The molecule has 6 nitrogen and oxygen atoms in total. The van der Waals surface area contributed by atoms with Crippen molar-refractivity contribution >= 4 is 17.6 Å². The van der Waals surface area contributed by atoms with E-state index in [9.17, 15) is 22.8 Å². The molecule has 0 saturated carbocycles. The Morgan fingerprint density at radius 1 is 1.19 bits per heavy atom. The molecule has 0 radical (unpaired) electrons. The number of carbonyl (C=O) groups is 2. The number of amides is 2. The van der Waals surface area contributed by atoms with Gasteiger partial charge in [0.25, 0.3) is 0 Å². The van der Waals surface area contributed by atoms with E-state index in [-0.39, 0.29) is 38.2 Å². The van der Waals surface area contributed by atoms with Gasteiger partial charge in [0.15, 0.2) is 0 Å². The third-order valence-corrected chi connectivity index (χ3v) is 5.41. The number of anilines is 1. The molecule has 0 bridgehead atoms. The van der Waals surface area contributed by atoms with E-state index in [0.717, 1.165) is 17.7 Å². The normalized spacial score (nSPS) is 15.9. The molecular weight excluding hydrogens is 411 g/mol. The van der Waals surface area contributed by atoms with Gasteiger partial charge in [-0.2, -0.15) is 13.2 Å². The monoisotopic (exact) mass is 435 g/mol. The summed E-state index contributed by atoms with van der Waals surface area (Å²) in [5.41, 5.74) is -0.797. The minimum absolute atomic E-state index is 0.235. The Labute approximate surface area is 178 Å². The quantitative estimate of drug-likeness (QED) is 0.780. The lowest BCUT2D eigenvalue weighted by Crippen LogP contribution is -2.50. The smallest absolute Gasteiger partial charge is 0.381 e. The number of benzene rings is 1. The molecule has 2 amide bonds. The summed E-state index contributed by atoms with van der Waals surface area (Å²) in [4.78, 5) is 31.2. The molecule has 3 rings (SSSR count). The van der Waals surface area contributed by atoms with Crippen molar-refractivity contribution in [1.82, 2.24) is 9.88 Å². The predicted octanol–water partition coefficient (Wildman–Crippen LogP) is 3.55. The number of halogens is 3. The zero-order chi connectivity index (χ0) is 22.6. The molecule has 0 atom stereocenters. The highest BCUT2D eigenvalue weighted by molar-refractivity contribution is 5.96. The van der Waals surface area contributed by atoms with Crippen LogP contribution in [0.3, 0.4) is 0 Å². The van der Waals surface area contributed by atoms with Gasteiger partial charge in [0, 0.05) is 26.5 Å². The third kappa shape index (κ3) is 5.22. The van der Waals surface area contributed by atoms with Crippen LogP contribution in [0, 0.1) is 6.92 Å². The van der Waals surface area contributed by atoms with E-state index >= 15 is 0 Å². The summed E-state index contributed by atoms with van der Waals surface area (Å²) < 4.78 is 45.1. The third-order valence-electron chi connectivity index (χ3n) is 5.41. The van der Waals surface area contributed by atoms with Crippen molar-refractivity contribution in [3.63, 3.8) is 0 Å². The van der Waals surface area contributed by atoms with Crippen LogP contribution in [-0.2, 0) is 25.9 Å². The Morgan fingerprint density at radius 2 is 1.90 bits per heavy atom. The second-order valence-electron chi connectivity index (χ2n) is 7.70. The fourth-order valence-corrected chi connectivity index (χ4v) is 3.78. The van der Waals surface area contributed by atoms with Gasteiger partial charge >= 0.3 is 6.18 Å². The molecule has 1 N–H and O–H groups in total. The maximum Gasteiger partial charge on any atom is 0.416 e. The van der Waals surface area contributed by atoms with Gasteiger partial charge in [-0.25, -0.2) is 4.98 Å². The Morgan fingerprint density at radius 3 is 2.55 bits per heavy atom. The summed E-state index contributed by atoms with van der Waals surface area (Å²) in [6, 6.07) is 8.32. The lowest BCUT2D eigenvalue weighted by molar-refractivity contribution is -0.142. The van der Waals surface area contributed by atoms with E-state index in [1.165, 1.54) is 24.1 Å². The Kier molecular flexibility index (Phi) is 6.64. The van der Waals surface area contributed by atoms with E-state index in [4.69, 9.17) is 4.74 Å². The molecular formula is C22H24F3N3O3. The number of nitrogens with one attached hydrogen (secondary N) is 1. The highest BCUT2D eigenvalue weighted by Crippen LogP contribution is 2.39. The molecule has 1 aromatic carbocycles. The molecule has 9 heteroatoms. The molecule has 1 aromatic heterocycles. The maximum atomic E-state index is 13.4. The van der Waals surface area contributed by atoms with Crippen molar-refractivity contribution in [2.45, 2.75) is 31.4 Å². The van der Waals surface area contributed by atoms with Gasteiger partial charge in [-0.1, -0.05) is 18.2 Å². The average molecular weight is 435 g/mol. The average Bonchev–Trinajstić information content (AvgIpc) is 2.73. The zero-order valence-corrected chi connectivity index (χ0v) is 17.3. The standard InChI is InChI=1S/C22H24F3N3O3/c1-15-6-9-26-18(12-15)27-19(29)14-28(2)20(30)21(7-10-31-11-8-21)16-4-3-5-17(13-16)22(23,24)25/h3-6,9,12-13H,7-8,10-11,14H2,1-2H3,(H,26,27,29). The summed E-state index contributed by atoms with van der Waals surface area (Å²) in [5.74, 6) is -0.493. The van der Waals surface area contributed by atoms with Crippen molar-refractivity contribution in [1.29, 1.82) is 0 Å². The van der Waals surface area contributed by atoms with Crippen LogP contribution < -0.4 is 5.32 Å². The van der Waals surface area contributed by atoms with Gasteiger partial charge in [0.05, 0.1) is 17.5 Å². The SMILES string of the molecule is Cc1ccnc(NC(=O)CN(C)C(=O)C2(c3cccc(C(F)(F)F)c3)CCOCC2)c1. The fourth-order valence-electron chi connectivity index (χ4n) is 3.78. The first-order chi connectivity index (χ1) is 14.6. The van der Waals surface area contributed by atoms with Gasteiger partial charge < -0.3 is 15.0 Å². The number of ether oxygens (including phenoxy) is 1. The molecule has 0 spiro atoms. The lowest BCUT2D eigenvalue weighted by atomic mass is 9.72. The minimum Gasteiger partial charge on any atom is -0.381 e. The zero-order valence-electron chi connectivity index (χ0n) is 17.3. The van der Waals surface area contributed by atoms with E-state index in [1.54, 1.807) is 18.3 Å². The molecule has 166 valence electrons. The first-order valence-corrected chi connectivity index (χ1v) is 9.85. The number of hydrogen-bond acceptors (Lipinski definition) is 4. The highest BCUT2D eigenvalue weighted by Gasteiger charge is 2.44. The molecule has 0 unspecified atom stereocenters. The van der Waals surface area contributed by atoms with Crippen LogP contribution in [0.25, 0.3) is 0 Å². The Balaban J connectivity index is 1.82. The van der Waals surface area contributed by atoms with Crippen molar-refractivity contribution in [2.24, 2.45) is 0 Å². The summed E-state index contributed by atoms with van der Waals surface area (Å²) in [5, 5.41) is 2.64. The van der Waals surface area contributed by atoms with Crippen LogP contribution in [0.2, 0.25) is 0 Å². The molecule has 0 aliphatic carbocycles. The number of likely N-dealkylation sites (N-methyl/N-ethyl adjacent to an activating group) is 1. The molecule has 2 heterocycles. The van der Waals surface area contributed by atoms with Crippen molar-refractivity contribution in [2.75, 3.05) is 32.1 Å². The second kappa shape index (κ2) is 9.05. The number of nitrogens with zero attached hydrogens (tertiary/aromatic N) is 2. The maximum absolute atomic E-state index is 13.4. The van der Waals surface area contributed by atoms with Gasteiger partial charge in [-0.15, -0.1) is 0 Å². The van der Waals surface area contributed by atoms with Crippen molar-refractivity contribution < 1.29 is 27.5 Å². The summed E-state index contributed by atoms with van der Waals surface area (Å²) in [6.07, 6.45) is -2.49. The van der Waals surface area contributed by atoms with Gasteiger partial charge in [-0.05, 0) is 49.1 Å². The van der Waals surface area contributed by atoms with E-state index in [2.05, 4.69) is 10.3 Å². The second-order valence-corrected chi connectivity index (χ2v) is 7.70. The largest absolute Gasteiger partial charge is 0.416 e. The molecule has 1 fully saturated rings. The minimum atomic E-state index is -4.52. The van der Waals surface area contributed by atoms with E-state index in [0.29, 0.717) is 5.82 Å². The molecule has 1 aliphatic rings. The van der Waals surface area contributed by atoms with Crippen molar-refractivity contribution in [3.05, 3.63) is 59.3 Å². The Hall–Kier alpha value is -2.94. The number of rotatable bonds is 5. The van der Waals surface area contributed by atoms with Gasteiger partial charge in [0.1, 0.15) is 5.82 Å². The number of alkyl halides is 3. The van der Waals surface area contributed by atoms with Crippen LogP contribution in [-0.4, -0.2) is 48.5 Å². The summed E-state index contributed by atoms with van der Waals surface area (Å²) in [6.45, 7) is 2.09. The molecule has 31 heavy (non-hydrogen) atoms. The van der Waals surface area contributed by atoms with Gasteiger partial charge in [0.2, 0.25) is 11.8 Å². The molecule has 2 aromatic rings. The molecule has 1 aliphatic heterocycles. The first-order valence-electron chi connectivity index (χ1n) is 9.85. The van der Waals surface area contributed by atoms with Crippen molar-refractivity contribution in [3.8, 4) is 0 Å². The number of aromatic nitrogens is 1. The van der Waals surface area contributed by atoms with Gasteiger partial charge in [-0.3, -0.25) is 9.59 Å². The summed E-state index contributed by atoms with van der Waals surface area (Å²) >= 11 is 0. The highest BCUT2D eigenvalue weighted by atomic mass is 19.4. The topological polar surface area (TPSA) is 71.5 Å². The number of pyridine rings is 1. The number of carbonyl (C=O) groups excluding carboxylic acids is 2. The van der Waals surface area contributed by atoms with Crippen LogP contribution in [0.15, 0.2) is 42.6 Å². The number of hydrogen-bond donors (Lipinski definition) is 1. The Bertz CT molecular complexity index is 956. The van der Waals surface area contributed by atoms with E-state index in [1.807, 2.05) is 6.92 Å². The van der Waals surface area contributed by atoms with Crippen LogP contribution in [0.4, 0.5) is 19.0 Å². The predicted molar refractivity (Wildman–Crippen MR) is 108 cm³/mol. The first kappa shape index (κ1) is 22.7. The summed E-state index contributed by atoms with van der Waals surface area (Å²) in [7, 11) is 1.47. The molecule has 1 saturated heterocycles. The fraction of sp³-hybridized carbons (Fsp3) is 0.409. The van der Waals surface area contributed by atoms with E-state index < -0.39 is 29.0 Å². The van der Waals surface area contributed by atoms with Crippen LogP contribution in [0.1, 0.15) is 29.5 Å². The van der Waals surface area contributed by atoms with Crippen LogP contribution >= 0.6 is 0 Å². The van der Waals surface area contributed by atoms with Crippen LogP contribution in [0.5, 0.6) is 0 Å².